The van der Waals surface area contributed by atoms with Gasteiger partial charge in [-0.3, -0.25) is 0 Å². The lowest BCUT2D eigenvalue weighted by Gasteiger charge is -2.18. The Morgan fingerprint density at radius 1 is 1.38 bits per heavy atom. The number of hydrogen-bond acceptors (Lipinski definition) is 3. The first-order valence-corrected chi connectivity index (χ1v) is 5.57. The molecule has 2 N–H and O–H groups in total. The van der Waals surface area contributed by atoms with Crippen LogP contribution in [0.2, 0.25) is 0 Å². The van der Waals surface area contributed by atoms with Crippen LogP contribution >= 0.6 is 15.9 Å². The molecule has 0 aliphatic carbocycles. The zero-order valence-electron chi connectivity index (χ0n) is 8.49. The molecule has 1 aromatic rings. The lowest BCUT2D eigenvalue weighted by molar-refractivity contribution is 0.0146. The minimum Gasteiger partial charge on any atom is -0.390 e. The van der Waals surface area contributed by atoms with Gasteiger partial charge in [0.2, 0.25) is 0 Å². The summed E-state index contributed by atoms with van der Waals surface area (Å²) in [5, 5.41) is 22.8. The van der Waals surface area contributed by atoms with Crippen molar-refractivity contribution in [3.63, 3.8) is 0 Å². The van der Waals surface area contributed by atoms with Crippen molar-refractivity contribution >= 4 is 15.9 Å². The van der Waals surface area contributed by atoms with Crippen molar-refractivity contribution in [2.24, 2.45) is 5.11 Å². The molecule has 0 bridgehead atoms. The number of nitrogens with zero attached hydrogens (tertiary/aromatic N) is 3. The Kier molecular flexibility index (Phi) is 5.28. The van der Waals surface area contributed by atoms with Gasteiger partial charge in [0.15, 0.2) is 0 Å². The van der Waals surface area contributed by atoms with Crippen molar-refractivity contribution in [3.8, 4) is 0 Å². The molecule has 0 aromatic heterocycles. The second-order valence-electron chi connectivity index (χ2n) is 3.28. The van der Waals surface area contributed by atoms with Gasteiger partial charge in [-0.1, -0.05) is 39.2 Å². The lowest BCUT2D eigenvalue weighted by Crippen LogP contribution is -2.19. The first-order valence-electron chi connectivity index (χ1n) is 4.78. The first kappa shape index (κ1) is 13.0. The highest BCUT2D eigenvalue weighted by Crippen LogP contribution is 2.26. The molecule has 0 aliphatic heterocycles. The Labute approximate surface area is 101 Å². The number of benzene rings is 1. The van der Waals surface area contributed by atoms with Crippen LogP contribution in [0.5, 0.6) is 0 Å². The fourth-order valence-corrected chi connectivity index (χ4v) is 1.83. The van der Waals surface area contributed by atoms with Crippen molar-refractivity contribution in [2.45, 2.75) is 18.6 Å². The first-order chi connectivity index (χ1) is 7.66. The third kappa shape index (κ3) is 3.50. The molecule has 0 saturated carbocycles. The van der Waals surface area contributed by atoms with Crippen LogP contribution in [0.25, 0.3) is 10.4 Å². The highest BCUT2D eigenvalue weighted by molar-refractivity contribution is 9.10. The van der Waals surface area contributed by atoms with Gasteiger partial charge in [-0.25, -0.2) is 0 Å². The minimum atomic E-state index is -0.982. The lowest BCUT2D eigenvalue weighted by atomic mass is 10.0. The standard InChI is InChI=1S/C10H12BrN3O2/c11-8-4-2-1-3-7(8)10(16)9(15)5-6-13-14-12/h1-4,9-10,15-16H,5-6H2. The van der Waals surface area contributed by atoms with Crippen LogP contribution in [0.4, 0.5) is 0 Å². The third-order valence-electron chi connectivity index (χ3n) is 2.18. The summed E-state index contributed by atoms with van der Waals surface area (Å²) in [6, 6.07) is 7.13. The van der Waals surface area contributed by atoms with Gasteiger partial charge in [-0.05, 0) is 23.6 Å². The van der Waals surface area contributed by atoms with Crippen LogP contribution in [0.1, 0.15) is 18.1 Å². The summed E-state index contributed by atoms with van der Waals surface area (Å²) in [6.45, 7) is 0.166. The number of aliphatic hydroxyl groups excluding tert-OH is 2. The highest BCUT2D eigenvalue weighted by atomic mass is 79.9. The van der Waals surface area contributed by atoms with E-state index in [0.29, 0.717) is 5.56 Å². The number of azide groups is 1. The van der Waals surface area contributed by atoms with E-state index in [1.807, 2.05) is 6.07 Å². The molecule has 6 heteroatoms. The smallest absolute Gasteiger partial charge is 0.106 e. The maximum Gasteiger partial charge on any atom is 0.106 e. The molecule has 0 fully saturated rings. The second kappa shape index (κ2) is 6.50. The molecule has 0 saturated heterocycles. The van der Waals surface area contributed by atoms with Crippen molar-refractivity contribution in [1.82, 2.24) is 0 Å². The van der Waals surface area contributed by atoms with Gasteiger partial charge in [0.05, 0.1) is 6.10 Å². The topological polar surface area (TPSA) is 89.2 Å². The molecular weight excluding hydrogens is 274 g/mol. The minimum absolute atomic E-state index is 0.166. The number of halogens is 1. The molecular formula is C10H12BrN3O2. The molecule has 0 amide bonds. The van der Waals surface area contributed by atoms with Crippen LogP contribution in [0, 0.1) is 0 Å². The molecule has 2 atom stereocenters. The largest absolute Gasteiger partial charge is 0.390 e. The highest BCUT2D eigenvalue weighted by Gasteiger charge is 2.19. The van der Waals surface area contributed by atoms with Crippen molar-refractivity contribution < 1.29 is 10.2 Å². The molecule has 86 valence electrons. The summed E-state index contributed by atoms with van der Waals surface area (Å²) in [7, 11) is 0. The van der Waals surface area contributed by atoms with E-state index in [9.17, 15) is 10.2 Å². The summed E-state index contributed by atoms with van der Waals surface area (Å²) in [4.78, 5) is 2.58. The monoisotopic (exact) mass is 285 g/mol. The molecule has 1 aromatic carbocycles. The van der Waals surface area contributed by atoms with Gasteiger partial charge >= 0.3 is 0 Å². The number of rotatable bonds is 5. The number of aliphatic hydroxyl groups is 2. The molecule has 0 spiro atoms. The Balaban J connectivity index is 2.66. The van der Waals surface area contributed by atoms with Gasteiger partial charge in [-0.2, -0.15) is 0 Å². The number of hydrogen-bond donors (Lipinski definition) is 2. The maximum atomic E-state index is 9.85. The quantitative estimate of drug-likeness (QED) is 0.495. The van der Waals surface area contributed by atoms with E-state index in [1.165, 1.54) is 0 Å². The summed E-state index contributed by atoms with van der Waals surface area (Å²) < 4.78 is 0.741. The van der Waals surface area contributed by atoms with E-state index in [1.54, 1.807) is 18.2 Å². The zero-order valence-corrected chi connectivity index (χ0v) is 10.1. The van der Waals surface area contributed by atoms with Crippen LogP contribution < -0.4 is 0 Å². The van der Waals surface area contributed by atoms with Crippen molar-refractivity contribution in [3.05, 3.63) is 44.7 Å². The van der Waals surface area contributed by atoms with E-state index in [4.69, 9.17) is 5.53 Å². The molecule has 0 aliphatic rings. The molecule has 5 nitrogen and oxygen atoms in total. The van der Waals surface area contributed by atoms with E-state index < -0.39 is 12.2 Å². The fraction of sp³-hybridized carbons (Fsp3) is 0.400. The van der Waals surface area contributed by atoms with Gasteiger partial charge < -0.3 is 10.2 Å². The van der Waals surface area contributed by atoms with Crippen molar-refractivity contribution in [1.29, 1.82) is 0 Å². The normalized spacial score (nSPS) is 13.9. The summed E-state index contributed by atoms with van der Waals surface area (Å²) in [5.41, 5.74) is 8.71. The van der Waals surface area contributed by atoms with Gasteiger partial charge in [0.1, 0.15) is 6.10 Å². The Bertz CT molecular complexity index is 393. The summed E-state index contributed by atoms with van der Waals surface area (Å²) in [6.07, 6.45) is -1.69. The SMILES string of the molecule is [N-]=[N+]=NCCC(O)C(O)c1ccccc1Br. The van der Waals surface area contributed by atoms with Gasteiger partial charge in [-0.15, -0.1) is 0 Å². The van der Waals surface area contributed by atoms with Gasteiger partial charge in [0.25, 0.3) is 0 Å². The van der Waals surface area contributed by atoms with Crippen LogP contribution in [0.15, 0.2) is 33.9 Å². The fourth-order valence-electron chi connectivity index (χ4n) is 1.31. The molecule has 16 heavy (non-hydrogen) atoms. The van der Waals surface area contributed by atoms with E-state index in [0.717, 1.165) is 4.47 Å². The Hall–Kier alpha value is -1.07. The van der Waals surface area contributed by atoms with E-state index >= 15 is 0 Å². The van der Waals surface area contributed by atoms with E-state index in [2.05, 4.69) is 26.0 Å². The molecule has 0 radical (unpaired) electrons. The molecule has 1 rings (SSSR count). The Morgan fingerprint density at radius 2 is 2.06 bits per heavy atom. The molecule has 2 unspecified atom stereocenters. The van der Waals surface area contributed by atoms with Crippen LogP contribution in [-0.2, 0) is 0 Å². The predicted molar refractivity (Wildman–Crippen MR) is 63.7 cm³/mol. The van der Waals surface area contributed by atoms with Crippen LogP contribution in [-0.4, -0.2) is 22.9 Å². The Morgan fingerprint density at radius 3 is 2.69 bits per heavy atom. The van der Waals surface area contributed by atoms with E-state index in [-0.39, 0.29) is 13.0 Å². The second-order valence-corrected chi connectivity index (χ2v) is 4.13. The average Bonchev–Trinajstić information content (AvgIpc) is 2.29. The predicted octanol–water partition coefficient (Wildman–Crippen LogP) is 2.54. The third-order valence-corrected chi connectivity index (χ3v) is 2.90. The average molecular weight is 286 g/mol. The molecule has 0 heterocycles. The zero-order chi connectivity index (χ0) is 12.0. The van der Waals surface area contributed by atoms with Crippen molar-refractivity contribution in [2.75, 3.05) is 6.54 Å². The van der Waals surface area contributed by atoms with Crippen LogP contribution in [0.3, 0.4) is 0 Å². The maximum absolute atomic E-state index is 9.85. The summed E-state index contributed by atoms with van der Waals surface area (Å²) in [5.74, 6) is 0. The van der Waals surface area contributed by atoms with Gasteiger partial charge in [0, 0.05) is 15.9 Å². The summed E-state index contributed by atoms with van der Waals surface area (Å²) >= 11 is 3.29.